The minimum Gasteiger partial charge on any atom is -0.309 e. The van der Waals surface area contributed by atoms with Gasteiger partial charge < -0.3 is 5.32 Å². The third-order valence-electron chi connectivity index (χ3n) is 3.90. The van der Waals surface area contributed by atoms with Crippen LogP contribution in [0.1, 0.15) is 51.0 Å². The molecule has 0 saturated heterocycles. The Morgan fingerprint density at radius 3 is 2.62 bits per heavy atom. The predicted molar refractivity (Wildman–Crippen MR) is 105 cm³/mol. The Balaban J connectivity index is 2.19. The molecule has 0 bridgehead atoms. The van der Waals surface area contributed by atoms with Gasteiger partial charge in [-0.15, -0.1) is 0 Å². The van der Waals surface area contributed by atoms with Gasteiger partial charge in [0.15, 0.2) is 5.82 Å². The first-order valence-corrected chi connectivity index (χ1v) is 9.54. The Morgan fingerprint density at radius 2 is 1.92 bits per heavy atom. The average molecular weight is 414 g/mol. The van der Waals surface area contributed by atoms with E-state index >= 15 is 0 Å². The van der Waals surface area contributed by atoms with Crippen molar-refractivity contribution in [2.45, 2.75) is 45.4 Å². The van der Waals surface area contributed by atoms with E-state index in [2.05, 4.69) is 17.3 Å². The Morgan fingerprint density at radius 1 is 1.19 bits per heavy atom. The Bertz CT molecular complexity index is 827. The zero-order valence-electron chi connectivity index (χ0n) is 14.4. The maximum Gasteiger partial charge on any atom is 0.225 e. The molecular weight excluding hydrogens is 395 g/mol. The molecule has 0 radical (unpaired) electrons. The van der Waals surface area contributed by atoms with E-state index in [1.54, 1.807) is 12.1 Å². The van der Waals surface area contributed by atoms with Gasteiger partial charge in [-0.05, 0) is 18.6 Å². The van der Waals surface area contributed by atoms with Crippen molar-refractivity contribution in [3.8, 4) is 11.8 Å². The first kappa shape index (κ1) is 20.6. The third kappa shape index (κ3) is 4.91. The van der Waals surface area contributed by atoms with Crippen molar-refractivity contribution in [2.75, 3.05) is 5.32 Å². The molecule has 138 valence electrons. The molecule has 0 aliphatic heterocycles. The van der Waals surface area contributed by atoms with Crippen LogP contribution in [0.15, 0.2) is 18.3 Å². The normalized spacial score (nSPS) is 10.6. The third-order valence-corrected chi connectivity index (χ3v) is 5.18. The van der Waals surface area contributed by atoms with E-state index in [9.17, 15) is 10.1 Å². The fourth-order valence-corrected chi connectivity index (χ4v) is 3.11. The lowest BCUT2D eigenvalue weighted by molar-refractivity contribution is -0.116. The Labute approximate surface area is 167 Å². The molecular formula is C18H19Cl3N4O. The summed E-state index contributed by atoms with van der Waals surface area (Å²) in [6, 6.07) is 5.23. The van der Waals surface area contributed by atoms with Crippen molar-refractivity contribution in [3.05, 3.63) is 39.0 Å². The van der Waals surface area contributed by atoms with Crippen LogP contribution in [0.2, 0.25) is 15.1 Å². The van der Waals surface area contributed by atoms with E-state index in [0.717, 1.165) is 25.7 Å². The molecule has 5 nitrogen and oxygen atoms in total. The molecule has 1 N–H and O–H groups in total. The summed E-state index contributed by atoms with van der Waals surface area (Å²) in [5.74, 6) is 0.0993. The van der Waals surface area contributed by atoms with Crippen LogP contribution in [0.3, 0.4) is 0 Å². The number of nitriles is 1. The molecule has 0 atom stereocenters. The molecule has 0 saturated carbocycles. The summed E-state index contributed by atoms with van der Waals surface area (Å²) in [6.45, 7) is 2.14. The monoisotopic (exact) mass is 412 g/mol. The lowest BCUT2D eigenvalue weighted by Crippen LogP contribution is -2.15. The fourth-order valence-electron chi connectivity index (χ4n) is 2.50. The number of nitrogens with one attached hydrogen (secondary N) is 1. The molecule has 2 aromatic rings. The van der Waals surface area contributed by atoms with Gasteiger partial charge in [-0.1, -0.05) is 67.4 Å². The maximum absolute atomic E-state index is 12.3. The molecule has 0 spiro atoms. The molecule has 26 heavy (non-hydrogen) atoms. The minimum atomic E-state index is -0.170. The van der Waals surface area contributed by atoms with Crippen LogP contribution < -0.4 is 5.32 Å². The van der Waals surface area contributed by atoms with Crippen molar-refractivity contribution in [2.24, 2.45) is 0 Å². The smallest absolute Gasteiger partial charge is 0.225 e. The zero-order valence-corrected chi connectivity index (χ0v) is 16.6. The number of carbonyl (C=O) groups excluding carboxylic acids is 1. The van der Waals surface area contributed by atoms with Crippen LogP contribution in [0.4, 0.5) is 5.82 Å². The largest absolute Gasteiger partial charge is 0.309 e. The Kier molecular flexibility index (Phi) is 7.77. The van der Waals surface area contributed by atoms with Gasteiger partial charge in [0.05, 0.1) is 27.0 Å². The molecule has 0 unspecified atom stereocenters. The van der Waals surface area contributed by atoms with Gasteiger partial charge in [0, 0.05) is 6.42 Å². The number of aromatic nitrogens is 2. The van der Waals surface area contributed by atoms with Gasteiger partial charge in [0.1, 0.15) is 11.6 Å². The summed E-state index contributed by atoms with van der Waals surface area (Å²) >= 11 is 18.3. The predicted octanol–water partition coefficient (Wildman–Crippen LogP) is 6.00. The topological polar surface area (TPSA) is 70.7 Å². The molecule has 0 aliphatic rings. The number of anilines is 1. The van der Waals surface area contributed by atoms with E-state index in [-0.39, 0.29) is 27.3 Å². The van der Waals surface area contributed by atoms with E-state index in [1.807, 2.05) is 6.07 Å². The van der Waals surface area contributed by atoms with Crippen LogP contribution in [0, 0.1) is 11.3 Å². The van der Waals surface area contributed by atoms with Crippen LogP contribution in [-0.4, -0.2) is 15.7 Å². The second-order valence-electron chi connectivity index (χ2n) is 5.84. The number of rotatable bonds is 8. The van der Waals surface area contributed by atoms with Gasteiger partial charge in [-0.25, -0.2) is 4.68 Å². The van der Waals surface area contributed by atoms with Gasteiger partial charge in [-0.3, -0.25) is 4.79 Å². The van der Waals surface area contributed by atoms with E-state index in [1.165, 1.54) is 17.3 Å². The number of hydrogen-bond acceptors (Lipinski definition) is 3. The molecule has 1 heterocycles. The summed E-state index contributed by atoms with van der Waals surface area (Å²) in [6.07, 6.45) is 7.00. The van der Waals surface area contributed by atoms with Crippen molar-refractivity contribution in [1.82, 2.24) is 9.78 Å². The van der Waals surface area contributed by atoms with Crippen molar-refractivity contribution in [1.29, 1.82) is 5.26 Å². The standard InChI is InChI=1S/C18H19Cl3N4O/c1-2-3-4-5-6-7-15(26)24-18-12(10-22)11-23-25(18)14-9-8-13(19)16(20)17(14)21/h8-9,11H,2-7H2,1H3,(H,24,26). The highest BCUT2D eigenvalue weighted by Gasteiger charge is 2.18. The van der Waals surface area contributed by atoms with Gasteiger partial charge in [0.2, 0.25) is 5.91 Å². The number of carbonyl (C=O) groups is 1. The minimum absolute atomic E-state index is 0.170. The average Bonchev–Trinajstić information content (AvgIpc) is 3.02. The van der Waals surface area contributed by atoms with Crippen LogP contribution in [0.25, 0.3) is 5.69 Å². The highest BCUT2D eigenvalue weighted by molar-refractivity contribution is 6.48. The van der Waals surface area contributed by atoms with Crippen LogP contribution in [-0.2, 0) is 4.79 Å². The Hall–Kier alpha value is -1.74. The summed E-state index contributed by atoms with van der Waals surface area (Å²) in [4.78, 5) is 12.3. The van der Waals surface area contributed by atoms with Gasteiger partial charge in [-0.2, -0.15) is 10.4 Å². The lowest BCUT2D eigenvalue weighted by Gasteiger charge is -2.12. The summed E-state index contributed by atoms with van der Waals surface area (Å²) in [7, 11) is 0. The first-order valence-electron chi connectivity index (χ1n) is 8.41. The maximum atomic E-state index is 12.3. The number of benzene rings is 1. The van der Waals surface area contributed by atoms with Gasteiger partial charge in [0.25, 0.3) is 0 Å². The molecule has 1 aromatic heterocycles. The number of halogens is 3. The van der Waals surface area contributed by atoms with Crippen LogP contribution in [0.5, 0.6) is 0 Å². The molecule has 0 aliphatic carbocycles. The molecule has 1 amide bonds. The summed E-state index contributed by atoms with van der Waals surface area (Å²) in [5, 5.41) is 16.9. The van der Waals surface area contributed by atoms with E-state index in [4.69, 9.17) is 34.8 Å². The van der Waals surface area contributed by atoms with E-state index in [0.29, 0.717) is 17.1 Å². The number of amides is 1. The van der Waals surface area contributed by atoms with E-state index < -0.39 is 0 Å². The fraction of sp³-hybridized carbons (Fsp3) is 0.389. The SMILES string of the molecule is CCCCCCCC(=O)Nc1c(C#N)cnn1-c1ccc(Cl)c(Cl)c1Cl. The summed E-state index contributed by atoms with van der Waals surface area (Å²) < 4.78 is 1.39. The lowest BCUT2D eigenvalue weighted by atomic mass is 10.1. The van der Waals surface area contributed by atoms with Crippen molar-refractivity contribution < 1.29 is 4.79 Å². The molecule has 2 rings (SSSR count). The summed E-state index contributed by atoms with van der Waals surface area (Å²) in [5.41, 5.74) is 0.673. The molecule has 8 heteroatoms. The highest BCUT2D eigenvalue weighted by atomic mass is 35.5. The molecule has 1 aromatic carbocycles. The van der Waals surface area contributed by atoms with Crippen LogP contribution >= 0.6 is 34.8 Å². The van der Waals surface area contributed by atoms with Crippen molar-refractivity contribution in [3.63, 3.8) is 0 Å². The second kappa shape index (κ2) is 9.82. The number of unbranched alkanes of at least 4 members (excludes halogenated alkanes) is 4. The number of nitrogens with zero attached hydrogens (tertiary/aromatic N) is 3. The quantitative estimate of drug-likeness (QED) is 0.426. The number of hydrogen-bond donors (Lipinski definition) is 1. The molecule has 0 fully saturated rings. The highest BCUT2D eigenvalue weighted by Crippen LogP contribution is 2.36. The van der Waals surface area contributed by atoms with Gasteiger partial charge >= 0.3 is 0 Å². The first-order chi connectivity index (χ1) is 12.5. The second-order valence-corrected chi connectivity index (χ2v) is 7.00. The zero-order chi connectivity index (χ0) is 19.1. The van der Waals surface area contributed by atoms with Crippen molar-refractivity contribution >= 4 is 46.5 Å².